The van der Waals surface area contributed by atoms with Gasteiger partial charge >= 0.3 is 11.7 Å². The second kappa shape index (κ2) is 6.62. The summed E-state index contributed by atoms with van der Waals surface area (Å²) in [5.41, 5.74) is 4.22. The number of nitrogens with two attached hydrogens (primary N) is 1. The van der Waals surface area contributed by atoms with Crippen molar-refractivity contribution in [2.24, 2.45) is 24.8 Å². The van der Waals surface area contributed by atoms with E-state index in [0.29, 0.717) is 0 Å². The lowest BCUT2D eigenvalue weighted by atomic mass is 10.1. The van der Waals surface area contributed by atoms with Gasteiger partial charge < -0.3 is 10.5 Å². The molecule has 0 aliphatic heterocycles. The highest BCUT2D eigenvalue weighted by atomic mass is 16.5. The van der Waals surface area contributed by atoms with Crippen molar-refractivity contribution in [2.75, 3.05) is 12.3 Å². The highest BCUT2D eigenvalue weighted by molar-refractivity contribution is 6.01. The molecule has 2 rings (SSSR count). The first-order chi connectivity index (χ1) is 11.1. The van der Waals surface area contributed by atoms with Crippen LogP contribution in [0.2, 0.25) is 0 Å². The summed E-state index contributed by atoms with van der Waals surface area (Å²) < 4.78 is 7.02. The molecule has 0 aromatic carbocycles. The van der Waals surface area contributed by atoms with Gasteiger partial charge in [0.05, 0.1) is 5.92 Å². The van der Waals surface area contributed by atoms with Crippen LogP contribution in [-0.4, -0.2) is 27.5 Å². The second-order valence-corrected chi connectivity index (χ2v) is 6.76. The normalized spacial score (nSPS) is 19.4. The maximum atomic E-state index is 12.3. The largest absolute Gasteiger partial charge is 0.457 e. The van der Waals surface area contributed by atoms with Gasteiger partial charge in [-0.2, -0.15) is 0 Å². The number of hydrogen-bond acceptors (Lipinski definition) is 6. The molecule has 1 aromatic rings. The maximum Gasteiger partial charge on any atom is 0.332 e. The van der Waals surface area contributed by atoms with Gasteiger partial charge in [-0.25, -0.2) is 4.79 Å². The first kappa shape index (κ1) is 18.0. The van der Waals surface area contributed by atoms with Crippen molar-refractivity contribution < 1.29 is 14.3 Å². The monoisotopic (exact) mass is 337 g/mol. The highest BCUT2D eigenvalue weighted by Gasteiger charge is 2.40. The molecule has 0 radical (unpaired) electrons. The van der Waals surface area contributed by atoms with Crippen LogP contribution in [0.4, 0.5) is 5.82 Å². The van der Waals surface area contributed by atoms with Crippen molar-refractivity contribution >= 4 is 17.6 Å². The van der Waals surface area contributed by atoms with Crippen LogP contribution in [-0.2, 0) is 23.1 Å². The van der Waals surface area contributed by atoms with Crippen LogP contribution >= 0.6 is 0 Å². The Morgan fingerprint density at radius 2 is 1.92 bits per heavy atom. The third-order valence-electron chi connectivity index (χ3n) is 4.17. The summed E-state index contributed by atoms with van der Waals surface area (Å²) in [6.45, 7) is 5.41. The van der Waals surface area contributed by atoms with E-state index in [-0.39, 0.29) is 35.7 Å². The second-order valence-electron chi connectivity index (χ2n) is 6.76. The third-order valence-corrected chi connectivity index (χ3v) is 4.17. The average molecular weight is 337 g/mol. The summed E-state index contributed by atoms with van der Waals surface area (Å²) in [6, 6.07) is 0. The average Bonchev–Trinajstić information content (AvgIpc) is 3.24. The van der Waals surface area contributed by atoms with E-state index in [1.54, 1.807) is 0 Å². The summed E-state index contributed by atoms with van der Waals surface area (Å²) in [7, 11) is 1.29. The van der Waals surface area contributed by atoms with Crippen molar-refractivity contribution in [3.05, 3.63) is 26.4 Å². The fraction of sp³-hybridized carbons (Fsp3) is 0.625. The third kappa shape index (κ3) is 3.42. The number of hydrogen-bond donors (Lipinski definition) is 1. The molecule has 8 nitrogen and oxygen atoms in total. The van der Waals surface area contributed by atoms with E-state index in [1.165, 1.54) is 11.6 Å². The number of aromatic nitrogens is 2. The Bertz CT molecular complexity index is 790. The molecule has 24 heavy (non-hydrogen) atoms. The van der Waals surface area contributed by atoms with Gasteiger partial charge in [0.2, 0.25) is 5.78 Å². The molecular weight excluding hydrogens is 314 g/mol. The predicted octanol–water partition coefficient (Wildman–Crippen LogP) is 0.167. The first-order valence-electron chi connectivity index (χ1n) is 7.94. The highest BCUT2D eigenvalue weighted by Crippen LogP contribution is 2.38. The summed E-state index contributed by atoms with van der Waals surface area (Å²) in [5.74, 6) is -1.14. The van der Waals surface area contributed by atoms with Gasteiger partial charge in [-0.15, -0.1) is 0 Å². The Hall–Kier alpha value is -2.38. The Morgan fingerprint density at radius 1 is 1.33 bits per heavy atom. The first-order valence-corrected chi connectivity index (χ1v) is 7.94. The molecule has 1 fully saturated rings. The lowest BCUT2D eigenvalue weighted by Gasteiger charge is -2.16. The maximum absolute atomic E-state index is 12.3. The molecule has 0 saturated heterocycles. The van der Waals surface area contributed by atoms with Crippen LogP contribution in [0.5, 0.6) is 0 Å². The number of nitrogen functional groups attached to an aromatic ring is 1. The fourth-order valence-electron chi connectivity index (χ4n) is 2.55. The number of esters is 1. The van der Waals surface area contributed by atoms with Crippen LogP contribution < -0.4 is 17.0 Å². The van der Waals surface area contributed by atoms with Crippen molar-refractivity contribution in [3.8, 4) is 0 Å². The van der Waals surface area contributed by atoms with Gasteiger partial charge in [0.25, 0.3) is 5.56 Å². The minimum absolute atomic E-state index is 0.0969. The molecule has 1 aliphatic rings. The van der Waals surface area contributed by atoms with Gasteiger partial charge in [-0.3, -0.25) is 23.5 Å². The zero-order valence-electron chi connectivity index (χ0n) is 14.4. The molecule has 2 N–H and O–H groups in total. The molecule has 0 amide bonds. The fourth-order valence-corrected chi connectivity index (χ4v) is 2.55. The Kier molecular flexibility index (Phi) is 4.96. The standard InChI is InChI=1S/C16H23N3O5/c1-8(2)6-19-13(17)12(14(21)18(4)16(19)23)11(20)7-24-15(22)10-5-9(10)3/h8-10H,5-7,17H2,1-4H3/t9-,10+/m0/s1. The van der Waals surface area contributed by atoms with Crippen LogP contribution in [0.25, 0.3) is 0 Å². The summed E-state index contributed by atoms with van der Waals surface area (Å²) in [5, 5.41) is 0. The SMILES string of the molecule is CC(C)Cn1c(N)c(C(=O)COC(=O)[C@@H]2C[C@@H]2C)c(=O)n(C)c1=O. The summed E-state index contributed by atoms with van der Waals surface area (Å²) >= 11 is 0. The van der Waals surface area contributed by atoms with E-state index in [4.69, 9.17) is 10.5 Å². The molecule has 132 valence electrons. The van der Waals surface area contributed by atoms with Crippen LogP contribution in [0.1, 0.15) is 37.6 Å². The van der Waals surface area contributed by atoms with Gasteiger partial charge in [-0.1, -0.05) is 20.8 Å². The molecule has 1 saturated carbocycles. The number of anilines is 1. The van der Waals surface area contributed by atoms with E-state index in [1.807, 2.05) is 20.8 Å². The van der Waals surface area contributed by atoms with Crippen molar-refractivity contribution in [1.82, 2.24) is 9.13 Å². The van der Waals surface area contributed by atoms with Crippen molar-refractivity contribution in [3.63, 3.8) is 0 Å². The van der Waals surface area contributed by atoms with Gasteiger partial charge in [0.1, 0.15) is 11.4 Å². The molecule has 1 aliphatic carbocycles. The van der Waals surface area contributed by atoms with Gasteiger partial charge in [-0.05, 0) is 18.3 Å². The lowest BCUT2D eigenvalue weighted by molar-refractivity contribution is -0.144. The minimum Gasteiger partial charge on any atom is -0.457 e. The van der Waals surface area contributed by atoms with E-state index >= 15 is 0 Å². The minimum atomic E-state index is -0.779. The quantitative estimate of drug-likeness (QED) is 0.584. The molecular formula is C16H23N3O5. The van der Waals surface area contributed by atoms with E-state index in [0.717, 1.165) is 11.0 Å². The van der Waals surface area contributed by atoms with Crippen molar-refractivity contribution in [1.29, 1.82) is 0 Å². The predicted molar refractivity (Wildman–Crippen MR) is 87.8 cm³/mol. The van der Waals surface area contributed by atoms with Gasteiger partial charge in [0.15, 0.2) is 6.61 Å². The molecule has 2 atom stereocenters. The van der Waals surface area contributed by atoms with Crippen LogP contribution in [0.3, 0.4) is 0 Å². The van der Waals surface area contributed by atoms with Crippen LogP contribution in [0.15, 0.2) is 9.59 Å². The number of carbonyl (C=O) groups is 2. The Labute approximate surface area is 139 Å². The van der Waals surface area contributed by atoms with Gasteiger partial charge in [0, 0.05) is 13.6 Å². The number of Topliss-reactive ketones (excluding diaryl/α,β-unsaturated/α-hetero) is 1. The van der Waals surface area contributed by atoms with Crippen LogP contribution in [0, 0.1) is 17.8 Å². The number of ketones is 1. The molecule has 1 aromatic heterocycles. The lowest BCUT2D eigenvalue weighted by Crippen LogP contribution is -2.43. The molecule has 0 bridgehead atoms. The number of ether oxygens (including phenoxy) is 1. The smallest absolute Gasteiger partial charge is 0.332 e. The topological polar surface area (TPSA) is 113 Å². The van der Waals surface area contributed by atoms with E-state index < -0.39 is 29.6 Å². The number of carbonyl (C=O) groups excluding carboxylic acids is 2. The number of rotatable bonds is 6. The molecule has 1 heterocycles. The summed E-state index contributed by atoms with van der Waals surface area (Å²) in [4.78, 5) is 48.5. The zero-order valence-corrected chi connectivity index (χ0v) is 14.4. The number of nitrogens with zero attached hydrogens (tertiary/aromatic N) is 2. The Morgan fingerprint density at radius 3 is 2.42 bits per heavy atom. The van der Waals surface area contributed by atoms with Crippen molar-refractivity contribution in [2.45, 2.75) is 33.7 Å². The Balaban J connectivity index is 2.29. The molecule has 8 heteroatoms. The molecule has 0 unspecified atom stereocenters. The summed E-state index contributed by atoms with van der Waals surface area (Å²) in [6.07, 6.45) is 0.746. The van der Waals surface area contributed by atoms with E-state index in [2.05, 4.69) is 0 Å². The molecule has 0 spiro atoms. The van der Waals surface area contributed by atoms with E-state index in [9.17, 15) is 19.2 Å². The zero-order chi connectivity index (χ0) is 18.2.